The number of carbonyl (C=O) groups excluding carboxylic acids is 4. The zero-order valence-corrected chi connectivity index (χ0v) is 19.7. The van der Waals surface area contributed by atoms with Gasteiger partial charge in [0.15, 0.2) is 11.6 Å². The predicted octanol–water partition coefficient (Wildman–Crippen LogP) is 0.152. The molecule has 2 rings (SSSR count). The van der Waals surface area contributed by atoms with Crippen molar-refractivity contribution in [3.8, 4) is 0 Å². The molecule has 0 aliphatic carbocycles. The Labute approximate surface area is 195 Å². The molecular weight excluding hydrogens is 472 g/mol. The monoisotopic (exact) mass is 496 g/mol. The highest BCUT2D eigenvalue weighted by Crippen LogP contribution is 2.17. The second kappa shape index (κ2) is 11.4. The highest BCUT2D eigenvalue weighted by Gasteiger charge is 2.19. The average Bonchev–Trinajstić information content (AvgIpc) is 3.15. The standard InChI is InChI=1S/C20H24N4O9S/c1-12-22-17(10-24(12)2)34(29,30)21-6-5-18(26)33-11-16(25)23-15-8-13(19(27)31-3)7-14(9-15)20(28)32-4/h7-10,21H,5-6,11H2,1-4H3,(H,23,25). The molecule has 13 nitrogen and oxygen atoms in total. The summed E-state index contributed by atoms with van der Waals surface area (Å²) in [6.45, 7) is 0.701. The van der Waals surface area contributed by atoms with Gasteiger partial charge in [0.25, 0.3) is 15.9 Å². The molecule has 0 bridgehead atoms. The number of carbonyl (C=O) groups is 4. The number of anilines is 1. The van der Waals surface area contributed by atoms with E-state index in [0.29, 0.717) is 5.82 Å². The molecule has 14 heteroatoms. The number of benzene rings is 1. The molecule has 0 aliphatic heterocycles. The van der Waals surface area contributed by atoms with Gasteiger partial charge in [0.05, 0.1) is 31.8 Å². The van der Waals surface area contributed by atoms with Crippen LogP contribution in [0.4, 0.5) is 5.69 Å². The predicted molar refractivity (Wildman–Crippen MR) is 116 cm³/mol. The fourth-order valence-corrected chi connectivity index (χ4v) is 3.67. The van der Waals surface area contributed by atoms with Crippen molar-refractivity contribution in [2.75, 3.05) is 32.7 Å². The van der Waals surface area contributed by atoms with Gasteiger partial charge in [-0.3, -0.25) is 9.59 Å². The van der Waals surface area contributed by atoms with Gasteiger partial charge >= 0.3 is 17.9 Å². The molecular formula is C20H24N4O9S. The quantitative estimate of drug-likeness (QED) is 0.341. The van der Waals surface area contributed by atoms with Crippen molar-refractivity contribution in [2.24, 2.45) is 7.05 Å². The van der Waals surface area contributed by atoms with Crippen molar-refractivity contribution in [1.82, 2.24) is 14.3 Å². The number of methoxy groups -OCH3 is 2. The van der Waals surface area contributed by atoms with Gasteiger partial charge in [0.1, 0.15) is 5.82 Å². The number of esters is 3. The molecule has 0 spiro atoms. The molecule has 0 radical (unpaired) electrons. The van der Waals surface area contributed by atoms with Crippen LogP contribution in [0.1, 0.15) is 33.0 Å². The summed E-state index contributed by atoms with van der Waals surface area (Å²) in [6, 6.07) is 3.78. The summed E-state index contributed by atoms with van der Waals surface area (Å²) >= 11 is 0. The summed E-state index contributed by atoms with van der Waals surface area (Å²) in [5, 5.41) is 2.21. The molecule has 0 unspecified atom stereocenters. The van der Waals surface area contributed by atoms with E-state index in [1.807, 2.05) is 0 Å². The van der Waals surface area contributed by atoms with E-state index in [1.165, 1.54) is 29.0 Å². The summed E-state index contributed by atoms with van der Waals surface area (Å²) < 4.78 is 42.2. The van der Waals surface area contributed by atoms with Gasteiger partial charge < -0.3 is 24.1 Å². The minimum Gasteiger partial charge on any atom is -0.465 e. The summed E-state index contributed by atoms with van der Waals surface area (Å²) in [5.41, 5.74) is 0.0592. The second-order valence-electron chi connectivity index (χ2n) is 6.88. The molecule has 0 atom stereocenters. The number of rotatable bonds is 10. The molecule has 1 aromatic heterocycles. The van der Waals surface area contributed by atoms with Gasteiger partial charge in [0.2, 0.25) is 0 Å². The van der Waals surface area contributed by atoms with Gasteiger partial charge in [-0.15, -0.1) is 0 Å². The molecule has 1 heterocycles. The molecule has 34 heavy (non-hydrogen) atoms. The van der Waals surface area contributed by atoms with Crippen LogP contribution in [0, 0.1) is 6.92 Å². The largest absolute Gasteiger partial charge is 0.465 e. The molecule has 2 N–H and O–H groups in total. The molecule has 0 saturated heterocycles. The van der Waals surface area contributed by atoms with Gasteiger partial charge in [0, 0.05) is 25.5 Å². The zero-order valence-electron chi connectivity index (χ0n) is 18.9. The Kier molecular flexibility index (Phi) is 8.86. The first-order valence-corrected chi connectivity index (χ1v) is 11.2. The number of amides is 1. The Hall–Kier alpha value is -3.78. The minimum absolute atomic E-state index is 0.00641. The number of nitrogens with one attached hydrogen (secondary N) is 2. The van der Waals surface area contributed by atoms with Gasteiger partial charge in [-0.05, 0) is 25.1 Å². The first-order chi connectivity index (χ1) is 16.0. The van der Waals surface area contributed by atoms with E-state index in [0.717, 1.165) is 14.2 Å². The normalized spacial score (nSPS) is 10.9. The van der Waals surface area contributed by atoms with Gasteiger partial charge in [-0.1, -0.05) is 0 Å². The molecule has 0 aliphatic rings. The van der Waals surface area contributed by atoms with Crippen LogP contribution >= 0.6 is 0 Å². The maximum atomic E-state index is 12.2. The van der Waals surface area contributed by atoms with Gasteiger partial charge in [-0.25, -0.2) is 27.7 Å². The maximum Gasteiger partial charge on any atom is 0.337 e. The highest BCUT2D eigenvalue weighted by molar-refractivity contribution is 7.89. The number of hydrogen-bond acceptors (Lipinski definition) is 10. The smallest absolute Gasteiger partial charge is 0.337 e. The number of sulfonamides is 1. The lowest BCUT2D eigenvalue weighted by molar-refractivity contribution is -0.147. The lowest BCUT2D eigenvalue weighted by Crippen LogP contribution is -2.28. The van der Waals surface area contributed by atoms with Crippen LogP contribution in [0.3, 0.4) is 0 Å². The Morgan fingerprint density at radius 2 is 1.62 bits per heavy atom. The maximum absolute atomic E-state index is 12.2. The Morgan fingerprint density at radius 1 is 1.03 bits per heavy atom. The van der Waals surface area contributed by atoms with Crippen LogP contribution < -0.4 is 10.0 Å². The first kappa shape index (κ1) is 26.5. The lowest BCUT2D eigenvalue weighted by Gasteiger charge is -2.10. The Morgan fingerprint density at radius 3 is 2.12 bits per heavy atom. The van der Waals surface area contributed by atoms with Crippen molar-refractivity contribution < 1.29 is 41.8 Å². The third-order valence-corrected chi connectivity index (χ3v) is 5.74. The molecule has 0 saturated carbocycles. The zero-order chi connectivity index (χ0) is 25.5. The van der Waals surface area contributed by atoms with E-state index < -0.39 is 40.4 Å². The van der Waals surface area contributed by atoms with Crippen molar-refractivity contribution in [3.05, 3.63) is 41.3 Å². The Bertz CT molecular complexity index is 1150. The van der Waals surface area contributed by atoms with Crippen LogP contribution in [0.25, 0.3) is 0 Å². The molecule has 2 aromatic rings. The summed E-state index contributed by atoms with van der Waals surface area (Å²) in [5.74, 6) is -2.56. The van der Waals surface area contributed by atoms with Gasteiger partial charge in [-0.2, -0.15) is 0 Å². The third kappa shape index (κ3) is 7.11. The highest BCUT2D eigenvalue weighted by atomic mass is 32.2. The molecule has 1 amide bonds. The summed E-state index contributed by atoms with van der Waals surface area (Å²) in [7, 11) is 0.0539. The van der Waals surface area contributed by atoms with Crippen molar-refractivity contribution in [2.45, 2.75) is 18.4 Å². The Balaban J connectivity index is 1.89. The summed E-state index contributed by atoms with van der Waals surface area (Å²) in [4.78, 5) is 51.5. The van der Waals surface area contributed by atoms with E-state index in [-0.39, 0.29) is 34.8 Å². The minimum atomic E-state index is -3.90. The number of nitrogens with zero attached hydrogens (tertiary/aromatic N) is 2. The van der Waals surface area contributed by atoms with Crippen LogP contribution in [0.2, 0.25) is 0 Å². The fraction of sp³-hybridized carbons (Fsp3) is 0.350. The van der Waals surface area contributed by atoms with Crippen molar-refractivity contribution in [3.63, 3.8) is 0 Å². The SMILES string of the molecule is COC(=O)c1cc(NC(=O)COC(=O)CCNS(=O)(=O)c2cn(C)c(C)n2)cc(C(=O)OC)c1. The topological polar surface area (TPSA) is 172 Å². The number of aryl methyl sites for hydroxylation is 2. The van der Waals surface area contributed by atoms with Crippen LogP contribution in [0.5, 0.6) is 0 Å². The lowest BCUT2D eigenvalue weighted by atomic mass is 10.1. The molecule has 1 aromatic carbocycles. The van der Waals surface area contributed by atoms with E-state index in [1.54, 1.807) is 14.0 Å². The number of imidazole rings is 1. The van der Waals surface area contributed by atoms with E-state index in [2.05, 4.69) is 24.5 Å². The summed E-state index contributed by atoms with van der Waals surface area (Å²) in [6.07, 6.45) is 1.00. The van der Waals surface area contributed by atoms with E-state index in [9.17, 15) is 27.6 Å². The molecule has 0 fully saturated rings. The van der Waals surface area contributed by atoms with E-state index in [4.69, 9.17) is 4.74 Å². The fourth-order valence-electron chi connectivity index (χ4n) is 2.60. The van der Waals surface area contributed by atoms with E-state index >= 15 is 0 Å². The average molecular weight is 496 g/mol. The van der Waals surface area contributed by atoms with Crippen LogP contribution in [-0.4, -0.2) is 69.2 Å². The number of aromatic nitrogens is 2. The first-order valence-electron chi connectivity index (χ1n) is 9.73. The number of hydrogen-bond donors (Lipinski definition) is 2. The third-order valence-electron chi connectivity index (χ3n) is 4.41. The van der Waals surface area contributed by atoms with Crippen LogP contribution in [0.15, 0.2) is 29.4 Å². The van der Waals surface area contributed by atoms with Crippen molar-refractivity contribution >= 4 is 39.5 Å². The second-order valence-corrected chi connectivity index (χ2v) is 8.59. The van der Waals surface area contributed by atoms with Crippen LogP contribution in [-0.2, 0) is 40.9 Å². The van der Waals surface area contributed by atoms with Crippen molar-refractivity contribution in [1.29, 1.82) is 0 Å². The number of ether oxygens (including phenoxy) is 3. The molecule has 184 valence electrons.